The van der Waals surface area contributed by atoms with Crippen LogP contribution in [0.3, 0.4) is 0 Å². The summed E-state index contributed by atoms with van der Waals surface area (Å²) in [7, 11) is 0. The number of carbonyl (C=O) groups is 1. The van der Waals surface area contributed by atoms with Gasteiger partial charge in [0.2, 0.25) is 5.91 Å². The summed E-state index contributed by atoms with van der Waals surface area (Å²) in [6.07, 6.45) is 2.14. The molecule has 0 aromatic heterocycles. The second-order valence-corrected chi connectivity index (χ2v) is 6.41. The number of nitrogens with zero attached hydrogens (tertiary/aromatic N) is 1. The van der Waals surface area contributed by atoms with Gasteiger partial charge >= 0.3 is 0 Å². The zero-order valence-electron chi connectivity index (χ0n) is 11.8. The van der Waals surface area contributed by atoms with Crippen LogP contribution in [0.1, 0.15) is 32.3 Å². The Kier molecular flexibility index (Phi) is 4.95. The van der Waals surface area contributed by atoms with Gasteiger partial charge in [0, 0.05) is 18.6 Å². The molecule has 110 valence electrons. The fraction of sp³-hybridized carbons (Fsp3) is 0.533. The molecule has 1 saturated carbocycles. The fourth-order valence-electron chi connectivity index (χ4n) is 2.09. The van der Waals surface area contributed by atoms with Crippen LogP contribution < -0.4 is 5.73 Å². The zero-order chi connectivity index (χ0) is 14.9. The molecule has 0 heterocycles. The molecule has 20 heavy (non-hydrogen) atoms. The van der Waals surface area contributed by atoms with Crippen LogP contribution in [0, 0.1) is 5.92 Å². The van der Waals surface area contributed by atoms with Gasteiger partial charge in [0.1, 0.15) is 0 Å². The topological polar surface area (TPSA) is 46.3 Å². The van der Waals surface area contributed by atoms with E-state index in [-0.39, 0.29) is 17.9 Å². The van der Waals surface area contributed by atoms with Crippen LogP contribution in [0.2, 0.25) is 10.0 Å². The van der Waals surface area contributed by atoms with Crippen LogP contribution in [0.5, 0.6) is 0 Å². The number of amides is 1. The van der Waals surface area contributed by atoms with Crippen molar-refractivity contribution in [2.75, 3.05) is 0 Å². The van der Waals surface area contributed by atoms with Crippen molar-refractivity contribution in [3.8, 4) is 0 Å². The first-order valence-electron chi connectivity index (χ1n) is 6.90. The first-order valence-corrected chi connectivity index (χ1v) is 7.65. The molecule has 0 saturated heterocycles. The Labute approximate surface area is 130 Å². The standard InChI is InChI=1S/C15H20Cl2N2O/c1-9(10(2)18)15(20)19(12-4-5-12)8-11-3-6-13(16)14(17)7-11/h3,6-7,9-10,12H,4-5,8,18H2,1-2H3. The van der Waals surface area contributed by atoms with Gasteiger partial charge in [-0.1, -0.05) is 36.2 Å². The molecular formula is C15H20Cl2N2O. The first kappa shape index (κ1) is 15.6. The molecule has 2 atom stereocenters. The van der Waals surface area contributed by atoms with Crippen molar-refractivity contribution < 1.29 is 4.79 Å². The predicted octanol–water partition coefficient (Wildman–Crippen LogP) is 3.47. The summed E-state index contributed by atoms with van der Waals surface area (Å²) in [5.74, 6) is -0.0491. The van der Waals surface area contributed by atoms with E-state index < -0.39 is 0 Å². The van der Waals surface area contributed by atoms with E-state index in [9.17, 15) is 4.79 Å². The van der Waals surface area contributed by atoms with Gasteiger partial charge in [-0.05, 0) is 37.5 Å². The van der Waals surface area contributed by atoms with Crippen molar-refractivity contribution in [3.63, 3.8) is 0 Å². The molecule has 0 spiro atoms. The molecule has 0 bridgehead atoms. The number of hydrogen-bond donors (Lipinski definition) is 1. The molecular weight excluding hydrogens is 295 g/mol. The Bertz CT molecular complexity index is 501. The molecule has 0 aliphatic heterocycles. The lowest BCUT2D eigenvalue weighted by Crippen LogP contribution is -2.42. The van der Waals surface area contributed by atoms with Gasteiger partial charge in [0.15, 0.2) is 0 Å². The van der Waals surface area contributed by atoms with Crippen LogP contribution in [-0.4, -0.2) is 22.9 Å². The highest BCUT2D eigenvalue weighted by Crippen LogP contribution is 2.31. The van der Waals surface area contributed by atoms with E-state index >= 15 is 0 Å². The minimum absolute atomic E-state index is 0.119. The van der Waals surface area contributed by atoms with E-state index in [1.54, 1.807) is 6.07 Å². The number of benzene rings is 1. The summed E-state index contributed by atoms with van der Waals surface area (Å²) < 4.78 is 0. The molecule has 2 N–H and O–H groups in total. The second-order valence-electron chi connectivity index (χ2n) is 5.59. The Balaban J connectivity index is 2.13. The molecule has 0 radical (unpaired) electrons. The van der Waals surface area contributed by atoms with E-state index in [0.29, 0.717) is 22.6 Å². The summed E-state index contributed by atoms with van der Waals surface area (Å²) >= 11 is 11.9. The lowest BCUT2D eigenvalue weighted by atomic mass is 10.0. The molecule has 2 unspecified atom stereocenters. The van der Waals surface area contributed by atoms with Crippen LogP contribution in [-0.2, 0) is 11.3 Å². The Hall–Kier alpha value is -0.770. The van der Waals surface area contributed by atoms with Crippen LogP contribution in [0.15, 0.2) is 18.2 Å². The summed E-state index contributed by atoms with van der Waals surface area (Å²) in [5, 5.41) is 1.05. The molecule has 5 heteroatoms. The third kappa shape index (κ3) is 3.66. The fourth-order valence-corrected chi connectivity index (χ4v) is 2.41. The first-order chi connectivity index (χ1) is 9.40. The maximum atomic E-state index is 12.5. The van der Waals surface area contributed by atoms with E-state index in [2.05, 4.69) is 0 Å². The van der Waals surface area contributed by atoms with Gasteiger partial charge in [0.25, 0.3) is 0 Å². The van der Waals surface area contributed by atoms with Crippen LogP contribution in [0.25, 0.3) is 0 Å². The number of carbonyl (C=O) groups excluding carboxylic acids is 1. The highest BCUT2D eigenvalue weighted by molar-refractivity contribution is 6.42. The normalized spacial score (nSPS) is 17.6. The lowest BCUT2D eigenvalue weighted by molar-refractivity contribution is -0.136. The Morgan fingerprint density at radius 3 is 2.50 bits per heavy atom. The minimum atomic E-state index is -0.168. The Morgan fingerprint density at radius 2 is 2.00 bits per heavy atom. The van der Waals surface area contributed by atoms with E-state index in [0.717, 1.165) is 18.4 Å². The molecule has 2 rings (SSSR count). The molecule has 1 aliphatic carbocycles. The van der Waals surface area contributed by atoms with Gasteiger partial charge in [-0.25, -0.2) is 0 Å². The zero-order valence-corrected chi connectivity index (χ0v) is 13.3. The minimum Gasteiger partial charge on any atom is -0.335 e. The van der Waals surface area contributed by atoms with Gasteiger partial charge < -0.3 is 10.6 Å². The number of halogens is 2. The monoisotopic (exact) mass is 314 g/mol. The maximum Gasteiger partial charge on any atom is 0.227 e. The molecule has 3 nitrogen and oxygen atoms in total. The number of hydrogen-bond acceptors (Lipinski definition) is 2. The molecule has 1 aromatic rings. The molecule has 1 aliphatic rings. The quantitative estimate of drug-likeness (QED) is 0.904. The highest BCUT2D eigenvalue weighted by Gasteiger charge is 2.35. The van der Waals surface area contributed by atoms with E-state index in [1.807, 2.05) is 30.9 Å². The average Bonchev–Trinajstić information content (AvgIpc) is 3.22. The summed E-state index contributed by atoms with van der Waals surface area (Å²) in [5.41, 5.74) is 6.84. The summed E-state index contributed by atoms with van der Waals surface area (Å²) in [6, 6.07) is 5.70. The second kappa shape index (κ2) is 6.33. The van der Waals surface area contributed by atoms with Crippen LogP contribution in [0.4, 0.5) is 0 Å². The van der Waals surface area contributed by atoms with Gasteiger partial charge in [-0.3, -0.25) is 4.79 Å². The average molecular weight is 315 g/mol. The van der Waals surface area contributed by atoms with Crippen molar-refractivity contribution in [2.45, 2.75) is 45.3 Å². The highest BCUT2D eigenvalue weighted by atomic mass is 35.5. The Morgan fingerprint density at radius 1 is 1.35 bits per heavy atom. The number of nitrogens with two attached hydrogens (primary N) is 1. The van der Waals surface area contributed by atoms with Gasteiger partial charge in [0.05, 0.1) is 16.0 Å². The molecule has 1 fully saturated rings. The van der Waals surface area contributed by atoms with Crippen molar-refractivity contribution in [1.82, 2.24) is 4.90 Å². The molecule has 1 amide bonds. The van der Waals surface area contributed by atoms with Gasteiger partial charge in [-0.15, -0.1) is 0 Å². The van der Waals surface area contributed by atoms with Crippen LogP contribution >= 0.6 is 23.2 Å². The third-order valence-electron chi connectivity index (χ3n) is 3.79. The van der Waals surface area contributed by atoms with Crippen molar-refractivity contribution in [3.05, 3.63) is 33.8 Å². The SMILES string of the molecule is CC(N)C(C)C(=O)N(Cc1ccc(Cl)c(Cl)c1)C1CC1. The third-order valence-corrected chi connectivity index (χ3v) is 4.52. The number of rotatable bonds is 5. The summed E-state index contributed by atoms with van der Waals surface area (Å²) in [4.78, 5) is 14.4. The van der Waals surface area contributed by atoms with Crippen molar-refractivity contribution in [1.29, 1.82) is 0 Å². The smallest absolute Gasteiger partial charge is 0.227 e. The molecule has 1 aromatic carbocycles. The maximum absolute atomic E-state index is 12.5. The van der Waals surface area contributed by atoms with Crippen molar-refractivity contribution in [2.24, 2.45) is 11.7 Å². The van der Waals surface area contributed by atoms with E-state index in [4.69, 9.17) is 28.9 Å². The van der Waals surface area contributed by atoms with E-state index in [1.165, 1.54) is 0 Å². The largest absolute Gasteiger partial charge is 0.335 e. The van der Waals surface area contributed by atoms with Gasteiger partial charge in [-0.2, -0.15) is 0 Å². The lowest BCUT2D eigenvalue weighted by Gasteiger charge is -2.27. The summed E-state index contributed by atoms with van der Waals surface area (Å²) in [6.45, 7) is 4.32. The predicted molar refractivity (Wildman–Crippen MR) is 82.8 cm³/mol. The van der Waals surface area contributed by atoms with Crippen molar-refractivity contribution >= 4 is 29.1 Å².